The van der Waals surface area contributed by atoms with Gasteiger partial charge in [0.15, 0.2) is 5.78 Å². The number of hydrogen-bond acceptors (Lipinski definition) is 2. The number of Topliss-reactive ketones (excluding diaryl/α,β-unsaturated/α-hetero) is 1. The van der Waals surface area contributed by atoms with Crippen LogP contribution in [-0.4, -0.2) is 11.7 Å². The Kier molecular flexibility index (Phi) is 3.77. The largest absolute Gasteiger partial charge is 0.326 e. The third-order valence-corrected chi connectivity index (χ3v) is 2.23. The molecule has 1 amide bonds. The van der Waals surface area contributed by atoms with Crippen LogP contribution in [0.15, 0.2) is 12.1 Å². The summed E-state index contributed by atoms with van der Waals surface area (Å²) < 4.78 is 13.3. The molecular weight excluding hydrogens is 209 g/mol. The number of nitrogens with one attached hydrogen (secondary N) is 1. The third-order valence-electron chi connectivity index (χ3n) is 2.23. The van der Waals surface area contributed by atoms with E-state index in [2.05, 4.69) is 5.32 Å². The molecule has 0 bridgehead atoms. The molecule has 0 heterocycles. The maximum absolute atomic E-state index is 13.3. The van der Waals surface area contributed by atoms with Gasteiger partial charge in [0.2, 0.25) is 5.91 Å². The Morgan fingerprint density at radius 3 is 2.50 bits per heavy atom. The molecule has 0 aliphatic heterocycles. The summed E-state index contributed by atoms with van der Waals surface area (Å²) >= 11 is 0. The Morgan fingerprint density at radius 2 is 2.00 bits per heavy atom. The van der Waals surface area contributed by atoms with Gasteiger partial charge in [0.05, 0.1) is 5.69 Å². The number of halogens is 1. The van der Waals surface area contributed by atoms with Crippen LogP contribution in [0.25, 0.3) is 0 Å². The second-order valence-corrected chi connectivity index (χ2v) is 3.60. The molecule has 0 spiro atoms. The number of anilines is 1. The van der Waals surface area contributed by atoms with Crippen molar-refractivity contribution in [3.8, 4) is 0 Å². The lowest BCUT2D eigenvalue weighted by atomic mass is 10.0. The zero-order chi connectivity index (χ0) is 12.3. The highest BCUT2D eigenvalue weighted by Gasteiger charge is 2.13. The van der Waals surface area contributed by atoms with Gasteiger partial charge in [-0.25, -0.2) is 4.39 Å². The Bertz CT molecular complexity index is 441. The molecule has 0 saturated heterocycles. The standard InChI is InChI=1S/C12H14FNO2/c1-4-12(16)9-5-7(2)10(13)6-11(9)14-8(3)15/h5-6H,4H2,1-3H3,(H,14,15). The topological polar surface area (TPSA) is 46.2 Å². The number of rotatable bonds is 3. The Labute approximate surface area is 93.7 Å². The van der Waals surface area contributed by atoms with E-state index in [4.69, 9.17) is 0 Å². The van der Waals surface area contributed by atoms with Crippen molar-refractivity contribution in [1.82, 2.24) is 0 Å². The van der Waals surface area contributed by atoms with Crippen LogP contribution in [0.2, 0.25) is 0 Å². The van der Waals surface area contributed by atoms with Crippen LogP contribution in [0.4, 0.5) is 10.1 Å². The van der Waals surface area contributed by atoms with Crippen molar-refractivity contribution >= 4 is 17.4 Å². The summed E-state index contributed by atoms with van der Waals surface area (Å²) in [4.78, 5) is 22.5. The van der Waals surface area contributed by atoms with Crippen molar-refractivity contribution in [1.29, 1.82) is 0 Å². The van der Waals surface area contributed by atoms with Gasteiger partial charge in [-0.05, 0) is 24.6 Å². The second-order valence-electron chi connectivity index (χ2n) is 3.60. The highest BCUT2D eigenvalue weighted by molar-refractivity contribution is 6.04. The molecule has 3 nitrogen and oxygen atoms in total. The van der Waals surface area contributed by atoms with E-state index in [-0.39, 0.29) is 17.4 Å². The van der Waals surface area contributed by atoms with Gasteiger partial charge in [0.25, 0.3) is 0 Å². The molecule has 86 valence electrons. The fourth-order valence-electron chi connectivity index (χ4n) is 1.40. The van der Waals surface area contributed by atoms with Gasteiger partial charge in [-0.1, -0.05) is 6.92 Å². The zero-order valence-corrected chi connectivity index (χ0v) is 9.56. The Hall–Kier alpha value is -1.71. The van der Waals surface area contributed by atoms with Gasteiger partial charge in [-0.2, -0.15) is 0 Å². The molecule has 0 aliphatic carbocycles. The fraction of sp³-hybridized carbons (Fsp3) is 0.333. The molecule has 1 rings (SSSR count). The van der Waals surface area contributed by atoms with Gasteiger partial charge >= 0.3 is 0 Å². The smallest absolute Gasteiger partial charge is 0.221 e. The summed E-state index contributed by atoms with van der Waals surface area (Å²) in [5.74, 6) is -0.878. The molecule has 0 fully saturated rings. The highest BCUT2D eigenvalue weighted by atomic mass is 19.1. The Morgan fingerprint density at radius 1 is 1.38 bits per heavy atom. The van der Waals surface area contributed by atoms with E-state index >= 15 is 0 Å². The van der Waals surface area contributed by atoms with Crippen molar-refractivity contribution in [3.63, 3.8) is 0 Å². The molecule has 0 aliphatic rings. The van der Waals surface area contributed by atoms with Crippen LogP contribution in [0, 0.1) is 12.7 Å². The van der Waals surface area contributed by atoms with E-state index < -0.39 is 5.82 Å². The summed E-state index contributed by atoms with van der Waals surface area (Å²) in [6, 6.07) is 2.64. The molecule has 4 heteroatoms. The first-order valence-corrected chi connectivity index (χ1v) is 5.06. The van der Waals surface area contributed by atoms with Crippen LogP contribution in [0.3, 0.4) is 0 Å². The number of amides is 1. The first-order chi connectivity index (χ1) is 7.45. The van der Waals surface area contributed by atoms with E-state index in [1.54, 1.807) is 13.8 Å². The minimum Gasteiger partial charge on any atom is -0.326 e. The normalized spacial score (nSPS) is 10.0. The lowest BCUT2D eigenvalue weighted by Crippen LogP contribution is -2.11. The van der Waals surface area contributed by atoms with Crippen LogP contribution in [0.5, 0.6) is 0 Å². The van der Waals surface area contributed by atoms with Gasteiger partial charge in [-0.15, -0.1) is 0 Å². The third kappa shape index (κ3) is 2.66. The van der Waals surface area contributed by atoms with Gasteiger partial charge < -0.3 is 5.32 Å². The molecule has 1 N–H and O–H groups in total. The van der Waals surface area contributed by atoms with Crippen molar-refractivity contribution in [2.45, 2.75) is 27.2 Å². The lowest BCUT2D eigenvalue weighted by molar-refractivity contribution is -0.114. The monoisotopic (exact) mass is 223 g/mol. The van der Waals surface area contributed by atoms with Crippen LogP contribution in [-0.2, 0) is 4.79 Å². The molecule has 0 aromatic heterocycles. The number of carbonyl (C=O) groups is 2. The number of benzene rings is 1. The van der Waals surface area contributed by atoms with E-state index in [9.17, 15) is 14.0 Å². The summed E-state index contributed by atoms with van der Waals surface area (Å²) in [5, 5.41) is 2.46. The van der Waals surface area contributed by atoms with Crippen LogP contribution < -0.4 is 5.32 Å². The van der Waals surface area contributed by atoms with Crippen LogP contribution >= 0.6 is 0 Å². The van der Waals surface area contributed by atoms with E-state index in [0.717, 1.165) is 0 Å². The summed E-state index contributed by atoms with van der Waals surface area (Å²) in [5.41, 5.74) is 0.991. The van der Waals surface area contributed by atoms with E-state index in [1.165, 1.54) is 19.1 Å². The minimum atomic E-state index is -0.434. The summed E-state index contributed by atoms with van der Waals surface area (Å²) in [7, 11) is 0. The van der Waals surface area contributed by atoms with Gasteiger partial charge in [-0.3, -0.25) is 9.59 Å². The van der Waals surface area contributed by atoms with Crippen molar-refractivity contribution in [2.75, 3.05) is 5.32 Å². The van der Waals surface area contributed by atoms with E-state index in [0.29, 0.717) is 17.5 Å². The molecule has 0 atom stereocenters. The number of hydrogen-bond donors (Lipinski definition) is 1. The summed E-state index contributed by atoms with van der Waals surface area (Å²) in [6.45, 7) is 4.62. The molecule has 1 aromatic rings. The molecule has 0 unspecified atom stereocenters. The highest BCUT2D eigenvalue weighted by Crippen LogP contribution is 2.21. The molecule has 1 aromatic carbocycles. The number of carbonyl (C=O) groups excluding carboxylic acids is 2. The predicted molar refractivity (Wildman–Crippen MR) is 60.1 cm³/mol. The fourth-order valence-corrected chi connectivity index (χ4v) is 1.40. The SMILES string of the molecule is CCC(=O)c1cc(C)c(F)cc1NC(C)=O. The Balaban J connectivity index is 3.27. The zero-order valence-electron chi connectivity index (χ0n) is 9.56. The van der Waals surface area contributed by atoms with Crippen LogP contribution in [0.1, 0.15) is 36.2 Å². The number of ketones is 1. The average Bonchev–Trinajstić information content (AvgIpc) is 2.21. The molecular formula is C12H14FNO2. The molecule has 0 radical (unpaired) electrons. The maximum atomic E-state index is 13.3. The van der Waals surface area contributed by atoms with E-state index in [1.807, 2.05) is 0 Å². The molecule has 0 saturated carbocycles. The molecule has 16 heavy (non-hydrogen) atoms. The van der Waals surface area contributed by atoms with Crippen molar-refractivity contribution < 1.29 is 14.0 Å². The lowest BCUT2D eigenvalue weighted by Gasteiger charge is -2.10. The second kappa shape index (κ2) is 4.88. The quantitative estimate of drug-likeness (QED) is 0.801. The van der Waals surface area contributed by atoms with Gasteiger partial charge in [0.1, 0.15) is 5.82 Å². The first kappa shape index (κ1) is 12.4. The summed E-state index contributed by atoms with van der Waals surface area (Å²) in [6.07, 6.45) is 0.317. The van der Waals surface area contributed by atoms with Gasteiger partial charge in [0, 0.05) is 18.9 Å². The van der Waals surface area contributed by atoms with Crippen molar-refractivity contribution in [2.24, 2.45) is 0 Å². The predicted octanol–water partition coefficient (Wildman–Crippen LogP) is 2.69. The number of aryl methyl sites for hydroxylation is 1. The van der Waals surface area contributed by atoms with Crippen molar-refractivity contribution in [3.05, 3.63) is 29.1 Å². The minimum absolute atomic E-state index is 0.119. The first-order valence-electron chi connectivity index (χ1n) is 5.06. The average molecular weight is 223 g/mol. The maximum Gasteiger partial charge on any atom is 0.221 e.